The molecule has 1 aliphatic rings. The molecule has 1 aliphatic carbocycles. The van der Waals surface area contributed by atoms with Crippen LogP contribution in [0, 0.1) is 22.0 Å². The van der Waals surface area contributed by atoms with E-state index < -0.39 is 4.92 Å². The molecule has 1 N–H and O–H groups in total. The van der Waals surface area contributed by atoms with Crippen LogP contribution >= 0.6 is 0 Å². The first-order chi connectivity index (χ1) is 9.15. The fourth-order valence-corrected chi connectivity index (χ4v) is 2.70. The van der Waals surface area contributed by atoms with Gasteiger partial charge in [0.2, 0.25) is 0 Å². The van der Waals surface area contributed by atoms with Crippen LogP contribution in [0.5, 0.6) is 0 Å². The van der Waals surface area contributed by atoms with Gasteiger partial charge < -0.3 is 9.73 Å². The highest BCUT2D eigenvalue weighted by molar-refractivity contribution is 5.17. The van der Waals surface area contributed by atoms with Gasteiger partial charge in [-0.15, -0.1) is 0 Å². The van der Waals surface area contributed by atoms with Crippen molar-refractivity contribution < 1.29 is 9.34 Å². The smallest absolute Gasteiger partial charge is 0.404 e. The van der Waals surface area contributed by atoms with Crippen molar-refractivity contribution in [2.24, 2.45) is 11.8 Å². The van der Waals surface area contributed by atoms with E-state index in [0.29, 0.717) is 12.3 Å². The van der Waals surface area contributed by atoms with Gasteiger partial charge in [-0.2, -0.15) is 0 Å². The highest BCUT2D eigenvalue weighted by Gasteiger charge is 2.17. The first-order valence-corrected chi connectivity index (χ1v) is 7.09. The lowest BCUT2D eigenvalue weighted by molar-refractivity contribution is -0.402. The summed E-state index contributed by atoms with van der Waals surface area (Å²) in [6.07, 6.45) is 6.59. The summed E-state index contributed by atoms with van der Waals surface area (Å²) >= 11 is 0. The van der Waals surface area contributed by atoms with Crippen molar-refractivity contribution in [3.8, 4) is 0 Å². The molecular weight excluding hydrogens is 244 g/mol. The molecule has 0 amide bonds. The van der Waals surface area contributed by atoms with Crippen LogP contribution in [0.1, 0.15) is 44.8 Å². The Morgan fingerprint density at radius 1 is 1.37 bits per heavy atom. The molecule has 0 atom stereocenters. The lowest BCUT2D eigenvalue weighted by Gasteiger charge is -2.26. The van der Waals surface area contributed by atoms with E-state index in [4.69, 9.17) is 4.42 Å². The van der Waals surface area contributed by atoms with Crippen LogP contribution in [0.25, 0.3) is 0 Å². The number of furan rings is 1. The van der Waals surface area contributed by atoms with E-state index in [1.807, 2.05) is 0 Å². The number of nitrogens with one attached hydrogen (secondary N) is 1. The maximum Gasteiger partial charge on any atom is 0.433 e. The third-order valence-electron chi connectivity index (χ3n) is 3.99. The summed E-state index contributed by atoms with van der Waals surface area (Å²) in [5.74, 6) is 2.18. The minimum Gasteiger partial charge on any atom is -0.404 e. The SMILES string of the molecule is CC1CCC(CCNCc2ccc([N+](=O)[O-])o2)CC1. The molecule has 106 valence electrons. The van der Waals surface area contributed by atoms with E-state index in [9.17, 15) is 10.1 Å². The van der Waals surface area contributed by atoms with Crippen LogP contribution in [0.3, 0.4) is 0 Å². The van der Waals surface area contributed by atoms with E-state index in [-0.39, 0.29) is 5.88 Å². The molecule has 0 bridgehead atoms. The highest BCUT2D eigenvalue weighted by atomic mass is 16.6. The maximum absolute atomic E-state index is 10.5. The standard InChI is InChI=1S/C14H22N2O3/c1-11-2-4-12(5-3-11)8-9-15-10-13-6-7-14(19-13)16(17)18/h6-7,11-12,15H,2-5,8-10H2,1H3. The first-order valence-electron chi connectivity index (χ1n) is 7.09. The summed E-state index contributed by atoms with van der Waals surface area (Å²) in [7, 11) is 0. The minimum absolute atomic E-state index is 0.182. The average Bonchev–Trinajstić information content (AvgIpc) is 2.86. The third-order valence-corrected chi connectivity index (χ3v) is 3.99. The maximum atomic E-state index is 10.5. The van der Waals surface area contributed by atoms with E-state index >= 15 is 0 Å². The van der Waals surface area contributed by atoms with Crippen LogP contribution < -0.4 is 5.32 Å². The van der Waals surface area contributed by atoms with Gasteiger partial charge in [0.05, 0.1) is 12.6 Å². The summed E-state index contributed by atoms with van der Waals surface area (Å²) in [6.45, 7) is 3.85. The second kappa shape index (κ2) is 6.70. The predicted molar refractivity (Wildman–Crippen MR) is 72.8 cm³/mol. The fraction of sp³-hybridized carbons (Fsp3) is 0.714. The lowest BCUT2D eigenvalue weighted by Crippen LogP contribution is -2.20. The van der Waals surface area contributed by atoms with Crippen molar-refractivity contribution in [1.29, 1.82) is 0 Å². The molecule has 2 rings (SSSR count). The fourth-order valence-electron chi connectivity index (χ4n) is 2.70. The van der Waals surface area contributed by atoms with Gasteiger partial charge in [-0.3, -0.25) is 10.1 Å². The Bertz CT molecular complexity index is 409. The zero-order chi connectivity index (χ0) is 13.7. The second-order valence-corrected chi connectivity index (χ2v) is 5.59. The predicted octanol–water partition coefficient (Wildman–Crippen LogP) is 3.49. The summed E-state index contributed by atoms with van der Waals surface area (Å²) < 4.78 is 5.09. The molecule has 5 heteroatoms. The van der Waals surface area contributed by atoms with Crippen molar-refractivity contribution in [3.63, 3.8) is 0 Å². The van der Waals surface area contributed by atoms with Gasteiger partial charge in [0, 0.05) is 0 Å². The normalized spacial score (nSPS) is 23.4. The lowest BCUT2D eigenvalue weighted by atomic mass is 9.81. The molecule has 5 nitrogen and oxygen atoms in total. The van der Waals surface area contributed by atoms with Gasteiger partial charge >= 0.3 is 5.88 Å². The van der Waals surface area contributed by atoms with Crippen molar-refractivity contribution in [3.05, 3.63) is 28.0 Å². The van der Waals surface area contributed by atoms with Crippen LogP contribution in [0.2, 0.25) is 0 Å². The van der Waals surface area contributed by atoms with Gasteiger partial charge in [-0.05, 0) is 30.9 Å². The van der Waals surface area contributed by atoms with E-state index in [1.165, 1.54) is 38.2 Å². The Morgan fingerprint density at radius 3 is 2.74 bits per heavy atom. The molecule has 0 aromatic carbocycles. The third kappa shape index (κ3) is 4.35. The molecule has 1 saturated carbocycles. The molecule has 0 spiro atoms. The zero-order valence-electron chi connectivity index (χ0n) is 11.4. The van der Waals surface area contributed by atoms with E-state index in [2.05, 4.69) is 12.2 Å². The van der Waals surface area contributed by atoms with Gasteiger partial charge in [0.1, 0.15) is 10.7 Å². The van der Waals surface area contributed by atoms with Crippen molar-refractivity contribution in [2.45, 2.75) is 45.6 Å². The quantitative estimate of drug-likeness (QED) is 0.486. The minimum atomic E-state index is -0.507. The monoisotopic (exact) mass is 266 g/mol. The zero-order valence-corrected chi connectivity index (χ0v) is 11.4. The molecule has 1 heterocycles. The van der Waals surface area contributed by atoms with Crippen molar-refractivity contribution >= 4 is 5.88 Å². The number of hydrogen-bond acceptors (Lipinski definition) is 4. The van der Waals surface area contributed by atoms with E-state index in [0.717, 1.165) is 18.4 Å². The largest absolute Gasteiger partial charge is 0.433 e. The van der Waals surface area contributed by atoms with Gasteiger partial charge in [0.15, 0.2) is 0 Å². The Morgan fingerprint density at radius 2 is 2.11 bits per heavy atom. The molecule has 0 unspecified atom stereocenters. The Kier molecular flexibility index (Phi) is 4.96. The van der Waals surface area contributed by atoms with Crippen LogP contribution in [-0.2, 0) is 6.54 Å². The Hall–Kier alpha value is -1.36. The molecular formula is C14H22N2O3. The number of nitro groups is 1. The summed E-state index contributed by atoms with van der Waals surface area (Å²) in [5.41, 5.74) is 0. The first kappa shape index (κ1) is 14.1. The van der Waals surface area contributed by atoms with Gasteiger partial charge in [0.25, 0.3) is 0 Å². The second-order valence-electron chi connectivity index (χ2n) is 5.59. The van der Waals surface area contributed by atoms with Gasteiger partial charge in [-0.25, -0.2) is 0 Å². The van der Waals surface area contributed by atoms with Crippen LogP contribution in [-0.4, -0.2) is 11.5 Å². The highest BCUT2D eigenvalue weighted by Crippen LogP contribution is 2.29. The average molecular weight is 266 g/mol. The van der Waals surface area contributed by atoms with Crippen molar-refractivity contribution in [1.82, 2.24) is 5.32 Å². The van der Waals surface area contributed by atoms with E-state index in [1.54, 1.807) is 6.07 Å². The Labute approximate surface area is 113 Å². The van der Waals surface area contributed by atoms with Gasteiger partial charge in [-0.1, -0.05) is 32.6 Å². The summed E-state index contributed by atoms with van der Waals surface area (Å²) in [6, 6.07) is 3.06. The topological polar surface area (TPSA) is 68.3 Å². The molecule has 1 fully saturated rings. The molecule has 1 aromatic heterocycles. The summed E-state index contributed by atoms with van der Waals surface area (Å²) in [5, 5.41) is 13.8. The molecule has 0 radical (unpaired) electrons. The number of nitrogens with zero attached hydrogens (tertiary/aromatic N) is 1. The van der Waals surface area contributed by atoms with Crippen LogP contribution in [0.15, 0.2) is 16.5 Å². The number of rotatable bonds is 6. The Balaban J connectivity index is 1.62. The molecule has 19 heavy (non-hydrogen) atoms. The summed E-state index contributed by atoms with van der Waals surface area (Å²) in [4.78, 5) is 9.96. The number of hydrogen-bond donors (Lipinski definition) is 1. The van der Waals surface area contributed by atoms with Crippen molar-refractivity contribution in [2.75, 3.05) is 6.54 Å². The molecule has 1 aromatic rings. The molecule has 0 aliphatic heterocycles. The molecule has 0 saturated heterocycles. The van der Waals surface area contributed by atoms with Crippen LogP contribution in [0.4, 0.5) is 5.88 Å².